The van der Waals surface area contributed by atoms with Gasteiger partial charge >= 0.3 is 0 Å². The molecular formula is C78H49B2N. The Balaban J connectivity index is 1.11. The van der Waals surface area contributed by atoms with Gasteiger partial charge in [-0.2, -0.15) is 0 Å². The molecule has 81 heavy (non-hydrogen) atoms. The van der Waals surface area contributed by atoms with E-state index >= 15 is 0 Å². The molecule has 18 rings (SSSR count). The third-order valence-electron chi connectivity index (χ3n) is 18.9. The summed E-state index contributed by atoms with van der Waals surface area (Å²) in [5, 5.41) is 8.06. The molecule has 0 saturated carbocycles. The van der Waals surface area contributed by atoms with Crippen molar-refractivity contribution in [2.24, 2.45) is 0 Å². The van der Waals surface area contributed by atoms with Gasteiger partial charge in [0, 0.05) is 18.4 Å². The number of rotatable bonds is 6. The van der Waals surface area contributed by atoms with Crippen LogP contribution in [0.3, 0.4) is 0 Å². The molecule has 4 aliphatic heterocycles. The number of hydrogen-bond acceptors (Lipinski definition) is 1. The van der Waals surface area contributed by atoms with E-state index in [9.17, 15) is 0 Å². The molecule has 0 aliphatic carbocycles. The van der Waals surface area contributed by atoms with E-state index in [1.54, 1.807) is 0 Å². The van der Waals surface area contributed by atoms with Crippen molar-refractivity contribution in [1.29, 1.82) is 0 Å². The molecule has 4 aliphatic rings. The highest BCUT2D eigenvalue weighted by atomic mass is 15.1. The molecule has 0 saturated heterocycles. The normalized spacial score (nSPS) is 13.1. The summed E-state index contributed by atoms with van der Waals surface area (Å²) in [7, 11) is 2.26. The van der Waals surface area contributed by atoms with Gasteiger partial charge in [0.15, 0.2) is 0 Å². The van der Waals surface area contributed by atoms with Gasteiger partial charge in [0.1, 0.15) is 0 Å². The maximum atomic E-state index is 2.70. The lowest BCUT2D eigenvalue weighted by Crippen LogP contribution is -2.60. The molecule has 4 heterocycles. The Labute approximate surface area is 472 Å². The van der Waals surface area contributed by atoms with Crippen molar-refractivity contribution in [3.8, 4) is 89.0 Å². The first-order valence-electron chi connectivity index (χ1n) is 28.7. The predicted molar refractivity (Wildman–Crippen MR) is 347 cm³/mol. The molecule has 3 heteroatoms. The summed E-state index contributed by atoms with van der Waals surface area (Å²) < 4.78 is 0. The van der Waals surface area contributed by atoms with Crippen LogP contribution in [0.5, 0.6) is 0 Å². The first-order chi connectivity index (χ1) is 40.2. The third-order valence-corrected chi connectivity index (χ3v) is 18.9. The summed E-state index contributed by atoms with van der Waals surface area (Å²) in [6.45, 7) is 0.0425. The van der Waals surface area contributed by atoms with Gasteiger partial charge in [0.25, 0.3) is 0 Å². The highest BCUT2D eigenvalue weighted by Crippen LogP contribution is 2.54. The van der Waals surface area contributed by atoms with E-state index in [1.807, 2.05) is 0 Å². The highest BCUT2D eigenvalue weighted by Gasteiger charge is 2.44. The quantitative estimate of drug-likeness (QED) is 0.119. The molecule has 0 unspecified atom stereocenters. The molecule has 0 N–H and O–H groups in total. The van der Waals surface area contributed by atoms with Crippen LogP contribution in [0.2, 0.25) is 0 Å². The van der Waals surface area contributed by atoms with Crippen LogP contribution in [0.25, 0.3) is 121 Å². The summed E-state index contributed by atoms with van der Waals surface area (Å²) in [6, 6.07) is 102. The topological polar surface area (TPSA) is 3.24 Å². The minimum atomic E-state index is -0.00332. The first-order valence-corrected chi connectivity index (χ1v) is 28.7. The smallest absolute Gasteiger partial charge is 0.248 e. The Morgan fingerprint density at radius 2 is 0.654 bits per heavy atom. The van der Waals surface area contributed by atoms with Gasteiger partial charge in [0.05, 0.1) is 0 Å². The number of fused-ring (bicyclic) bond motifs is 8. The summed E-state index contributed by atoms with van der Waals surface area (Å²) >= 11 is 0. The third kappa shape index (κ3) is 6.24. The summed E-state index contributed by atoms with van der Waals surface area (Å²) in [4.78, 5) is 2.44. The molecule has 0 bridgehead atoms. The summed E-state index contributed by atoms with van der Waals surface area (Å²) in [6.07, 6.45) is 0.914. The van der Waals surface area contributed by atoms with Crippen molar-refractivity contribution in [2.45, 2.75) is 6.42 Å². The van der Waals surface area contributed by atoms with Crippen molar-refractivity contribution in [1.82, 2.24) is 0 Å². The van der Waals surface area contributed by atoms with Crippen molar-refractivity contribution in [2.75, 3.05) is 11.9 Å². The fourth-order valence-corrected chi connectivity index (χ4v) is 15.7. The number of anilines is 2. The molecule has 1 nitrogen and oxygen atoms in total. The van der Waals surface area contributed by atoms with Gasteiger partial charge in [-0.3, -0.25) is 0 Å². The Kier molecular flexibility index (Phi) is 9.45. The van der Waals surface area contributed by atoms with Gasteiger partial charge in [-0.25, -0.2) is 0 Å². The monoisotopic (exact) mass is 1020 g/mol. The Bertz CT molecular complexity index is 4850. The van der Waals surface area contributed by atoms with Crippen LogP contribution >= 0.6 is 0 Å². The minimum Gasteiger partial charge on any atom is -0.345 e. The number of nitrogens with zero attached hydrogens (tertiary/aromatic N) is 1. The van der Waals surface area contributed by atoms with E-state index < -0.39 is 0 Å². The molecule has 0 aromatic heterocycles. The molecule has 14 aromatic rings. The van der Waals surface area contributed by atoms with Gasteiger partial charge in [-0.05, 0) is 174 Å². The lowest BCUT2D eigenvalue weighted by molar-refractivity contribution is 1.21. The molecule has 14 aromatic carbocycles. The molecule has 372 valence electrons. The van der Waals surface area contributed by atoms with Crippen LogP contribution in [0.4, 0.5) is 11.4 Å². The number of para-hydroxylation sites is 1. The highest BCUT2D eigenvalue weighted by molar-refractivity contribution is 7.02. The average Bonchev–Trinajstić information content (AvgIpc) is 3.72. The van der Waals surface area contributed by atoms with Crippen molar-refractivity contribution < 1.29 is 0 Å². The van der Waals surface area contributed by atoms with Crippen LogP contribution < -0.4 is 37.7 Å². The zero-order chi connectivity index (χ0) is 53.0. The fraction of sp³-hybridized carbons (Fsp3) is 0.0256. The van der Waals surface area contributed by atoms with Gasteiger partial charge in [-0.15, -0.1) is 0 Å². The van der Waals surface area contributed by atoms with E-state index in [0.717, 1.165) is 6.42 Å². The van der Waals surface area contributed by atoms with E-state index in [0.29, 0.717) is 0 Å². The molecule has 0 amide bonds. The zero-order valence-electron chi connectivity index (χ0n) is 44.7. The number of benzene rings is 14. The molecule has 0 radical (unpaired) electrons. The maximum absolute atomic E-state index is 2.70. The molecular weight excluding hydrogens is 972 g/mol. The van der Waals surface area contributed by atoms with E-state index in [1.165, 1.54) is 177 Å². The van der Waals surface area contributed by atoms with E-state index in [-0.39, 0.29) is 13.4 Å². The fourth-order valence-electron chi connectivity index (χ4n) is 15.7. The van der Waals surface area contributed by atoms with Crippen LogP contribution in [0, 0.1) is 0 Å². The summed E-state index contributed by atoms with van der Waals surface area (Å²) in [5.74, 6) is 0. The van der Waals surface area contributed by atoms with Crippen molar-refractivity contribution >= 4 is 89.9 Å². The minimum absolute atomic E-state index is 0.00332. The average molecular weight is 1020 g/mol. The van der Waals surface area contributed by atoms with Crippen molar-refractivity contribution in [3.63, 3.8) is 0 Å². The standard InChI is InChI=1S/C78H49B2N/c1-81-69-40-17-16-39-66(69)80-68-46-64-61(71-53(47-22-6-2-7-23-47)32-19-33-54(71)48-24-8-3-9-25-48)43-59-57-36-18-31-52-42-51-30-14-15-38-65(51)79(77(52)57)67-45-63-62(44-60(58-37-21-41-70(81)78(58)80)74(68)76(63)75(64)73(59)67)72-55(49-26-10-4-11-27-49)34-20-35-56(72)50-28-12-5-13-29-50/h2-41,43-46H,42H2,1H3. The van der Waals surface area contributed by atoms with E-state index in [2.05, 4.69) is 279 Å². The van der Waals surface area contributed by atoms with Crippen LogP contribution in [-0.2, 0) is 6.42 Å². The Hall–Kier alpha value is -9.95. The Morgan fingerprint density at radius 3 is 1.17 bits per heavy atom. The molecule has 0 fully saturated rings. The number of hydrogen-bond donors (Lipinski definition) is 0. The van der Waals surface area contributed by atoms with Gasteiger partial charge in [-0.1, -0.05) is 265 Å². The second-order valence-electron chi connectivity index (χ2n) is 22.9. The van der Waals surface area contributed by atoms with Crippen molar-refractivity contribution in [3.05, 3.63) is 278 Å². The van der Waals surface area contributed by atoms with Crippen LogP contribution in [-0.4, -0.2) is 20.5 Å². The zero-order valence-corrected chi connectivity index (χ0v) is 44.7. The second-order valence-corrected chi connectivity index (χ2v) is 22.9. The molecule has 0 spiro atoms. The summed E-state index contributed by atoms with van der Waals surface area (Å²) in [5.41, 5.74) is 33.8. The second kappa shape index (κ2) is 17.0. The largest absolute Gasteiger partial charge is 0.345 e. The lowest BCUT2D eigenvalue weighted by Gasteiger charge is -2.40. The van der Waals surface area contributed by atoms with Crippen LogP contribution in [0.1, 0.15) is 11.1 Å². The molecule has 0 atom stereocenters. The van der Waals surface area contributed by atoms with Gasteiger partial charge in [0.2, 0.25) is 13.4 Å². The lowest BCUT2D eigenvalue weighted by atomic mass is 9.30. The Morgan fingerprint density at radius 1 is 0.272 bits per heavy atom. The van der Waals surface area contributed by atoms with E-state index in [4.69, 9.17) is 0 Å². The maximum Gasteiger partial charge on any atom is 0.248 e. The SMILES string of the molecule is CN1c2ccccc2B2c3c(cccc31)-c1cc(-c3c(-c4ccccc4)cccc3-c3ccccc3)c3cc4c5c(cc(-c6c(-c7ccccc7)cccc6-c6ccccc6)c6cc2c1c3c65)-c1cccc2c1B4c1ccccc1C2. The first kappa shape index (κ1) is 45.0. The van der Waals surface area contributed by atoms with Crippen LogP contribution in [0.15, 0.2) is 267 Å². The predicted octanol–water partition coefficient (Wildman–Crippen LogP) is 15.6. The van der Waals surface area contributed by atoms with Gasteiger partial charge < -0.3 is 4.90 Å².